The summed E-state index contributed by atoms with van der Waals surface area (Å²) >= 11 is 0. The summed E-state index contributed by atoms with van der Waals surface area (Å²) in [4.78, 5) is 28.5. The fraction of sp³-hybridized carbons (Fsp3) is 0.304. The van der Waals surface area contributed by atoms with Crippen molar-refractivity contribution in [3.05, 3.63) is 64.9 Å². The number of amides is 2. The second kappa shape index (κ2) is 8.59. The molecule has 0 fully saturated rings. The number of benzene rings is 1. The molecular weight excluding hydrogens is 488 g/mol. The molecule has 0 radical (unpaired) electrons. The Bertz CT molecular complexity index is 1340. The fourth-order valence-electron chi connectivity index (χ4n) is 3.71. The molecular formula is C23H20F4N4O5. The van der Waals surface area contributed by atoms with Gasteiger partial charge in [0.1, 0.15) is 35.0 Å². The molecule has 0 unspecified atom stereocenters. The number of nitrogens with zero attached hydrogens (tertiary/aromatic N) is 2. The van der Waals surface area contributed by atoms with E-state index in [4.69, 9.17) is 15.0 Å². The lowest BCUT2D eigenvalue weighted by molar-refractivity contribution is -0.265. The number of halogens is 4. The first kappa shape index (κ1) is 25.1. The Morgan fingerprint density at radius 1 is 1.22 bits per heavy atom. The molecule has 0 aliphatic carbocycles. The fourth-order valence-corrected chi connectivity index (χ4v) is 3.71. The summed E-state index contributed by atoms with van der Waals surface area (Å²) in [5.74, 6) is -2.29. The number of alkyl halides is 3. The van der Waals surface area contributed by atoms with E-state index in [1.807, 2.05) is 5.32 Å². The van der Waals surface area contributed by atoms with Gasteiger partial charge < -0.3 is 25.4 Å². The zero-order chi connectivity index (χ0) is 26.5. The molecule has 2 amide bonds. The van der Waals surface area contributed by atoms with Crippen molar-refractivity contribution in [1.82, 2.24) is 15.5 Å². The van der Waals surface area contributed by atoms with E-state index in [0.29, 0.717) is 0 Å². The van der Waals surface area contributed by atoms with Crippen LogP contribution in [0.4, 0.5) is 17.6 Å². The van der Waals surface area contributed by atoms with Gasteiger partial charge in [0.05, 0.1) is 12.2 Å². The van der Waals surface area contributed by atoms with E-state index in [2.05, 4.69) is 10.1 Å². The molecule has 190 valence electrons. The number of nitrogens with one attached hydrogen (secondary N) is 1. The van der Waals surface area contributed by atoms with Crippen LogP contribution < -0.4 is 15.8 Å². The Hall–Kier alpha value is -4.00. The van der Waals surface area contributed by atoms with Crippen molar-refractivity contribution < 1.29 is 41.5 Å². The normalized spacial score (nSPS) is 18.8. The Balaban J connectivity index is 1.86. The van der Waals surface area contributed by atoms with Crippen LogP contribution in [-0.4, -0.2) is 46.4 Å². The maximum atomic E-state index is 14.3. The van der Waals surface area contributed by atoms with Crippen molar-refractivity contribution in [2.24, 2.45) is 5.73 Å². The largest absolute Gasteiger partial charge is 0.489 e. The van der Waals surface area contributed by atoms with E-state index in [1.54, 1.807) is 0 Å². The summed E-state index contributed by atoms with van der Waals surface area (Å²) in [6, 6.07) is 6.72. The van der Waals surface area contributed by atoms with Gasteiger partial charge >= 0.3 is 6.18 Å². The molecule has 9 nitrogen and oxygen atoms in total. The summed E-state index contributed by atoms with van der Waals surface area (Å²) in [6.07, 6.45) is -5.33. The van der Waals surface area contributed by atoms with Crippen LogP contribution in [0, 0.1) is 12.7 Å². The number of carbonyl (C=O) groups excluding carboxylic acids is 2. The third kappa shape index (κ3) is 4.15. The number of fused-ring (bicyclic) bond motifs is 1. The SMILES string of the molecule is Cc1cc(C(=O)NC[C@](O)(c2cc3c(c(-c4ccc(F)cc4)n2)OC[C@]3(C)C(N)=O)C(F)(F)F)no1. The Labute approximate surface area is 201 Å². The highest BCUT2D eigenvalue weighted by molar-refractivity contribution is 5.92. The van der Waals surface area contributed by atoms with Gasteiger partial charge in [-0.15, -0.1) is 0 Å². The summed E-state index contributed by atoms with van der Waals surface area (Å²) < 4.78 is 66.7. The van der Waals surface area contributed by atoms with E-state index in [0.717, 1.165) is 18.2 Å². The van der Waals surface area contributed by atoms with Gasteiger partial charge in [-0.3, -0.25) is 9.59 Å². The second-order valence-corrected chi connectivity index (χ2v) is 8.59. The molecule has 36 heavy (non-hydrogen) atoms. The van der Waals surface area contributed by atoms with E-state index in [1.165, 1.54) is 32.0 Å². The summed E-state index contributed by atoms with van der Waals surface area (Å²) in [5.41, 5.74) is -1.00. The second-order valence-electron chi connectivity index (χ2n) is 8.59. The molecule has 1 aliphatic heterocycles. The summed E-state index contributed by atoms with van der Waals surface area (Å²) in [7, 11) is 0. The topological polar surface area (TPSA) is 141 Å². The van der Waals surface area contributed by atoms with Crippen molar-refractivity contribution in [1.29, 1.82) is 0 Å². The quantitative estimate of drug-likeness (QED) is 0.435. The van der Waals surface area contributed by atoms with Crippen LogP contribution in [0.25, 0.3) is 11.3 Å². The predicted octanol–water partition coefficient (Wildman–Crippen LogP) is 2.50. The van der Waals surface area contributed by atoms with Crippen molar-refractivity contribution >= 4 is 11.8 Å². The lowest BCUT2D eigenvalue weighted by Gasteiger charge is -2.31. The van der Waals surface area contributed by atoms with Crippen LogP contribution in [0.5, 0.6) is 5.75 Å². The minimum atomic E-state index is -5.33. The standard InChI is InChI=1S/C23H20F4N4O5/c1-11-7-15(31-36-11)19(32)29-9-22(34,23(25,26)27)16-8-14-18(35-10-21(14,2)20(28)33)17(30-16)12-3-5-13(24)6-4-12/h3-8,34H,9-10H2,1-2H3,(H2,28,33)(H,29,32)/t21-,22-/m0/s1. The van der Waals surface area contributed by atoms with Gasteiger partial charge in [-0.1, -0.05) is 5.16 Å². The molecule has 3 aromatic rings. The minimum Gasteiger partial charge on any atom is -0.489 e. The molecule has 13 heteroatoms. The highest BCUT2D eigenvalue weighted by Gasteiger charge is 2.57. The van der Waals surface area contributed by atoms with E-state index >= 15 is 0 Å². The van der Waals surface area contributed by atoms with Gasteiger partial charge in [-0.25, -0.2) is 9.37 Å². The number of pyridine rings is 1. The molecule has 3 heterocycles. The number of aryl methyl sites for hydroxylation is 1. The molecule has 2 atom stereocenters. The number of primary amides is 1. The number of aliphatic hydroxyl groups is 1. The first-order chi connectivity index (χ1) is 16.8. The van der Waals surface area contributed by atoms with Gasteiger partial charge in [-0.2, -0.15) is 13.2 Å². The molecule has 0 saturated heterocycles. The van der Waals surface area contributed by atoms with Crippen molar-refractivity contribution in [2.45, 2.75) is 31.0 Å². The van der Waals surface area contributed by atoms with Gasteiger partial charge in [0.15, 0.2) is 5.69 Å². The van der Waals surface area contributed by atoms with Gasteiger partial charge in [0.2, 0.25) is 11.5 Å². The minimum absolute atomic E-state index is 0.0294. The molecule has 1 aromatic carbocycles. The molecule has 4 N–H and O–H groups in total. The van der Waals surface area contributed by atoms with Gasteiger partial charge in [-0.05, 0) is 44.2 Å². The van der Waals surface area contributed by atoms with Crippen LogP contribution in [0.1, 0.15) is 34.4 Å². The molecule has 0 saturated carbocycles. The predicted molar refractivity (Wildman–Crippen MR) is 115 cm³/mol. The smallest absolute Gasteiger partial charge is 0.424 e. The number of carbonyl (C=O) groups is 2. The zero-order valence-electron chi connectivity index (χ0n) is 18.9. The number of rotatable bonds is 6. The highest BCUT2D eigenvalue weighted by Crippen LogP contribution is 2.47. The number of hydrogen-bond donors (Lipinski definition) is 3. The number of ether oxygens (including phenoxy) is 1. The van der Waals surface area contributed by atoms with Crippen LogP contribution >= 0.6 is 0 Å². The van der Waals surface area contributed by atoms with Crippen LogP contribution in [-0.2, 0) is 15.8 Å². The molecule has 4 rings (SSSR count). The highest BCUT2D eigenvalue weighted by atomic mass is 19.4. The van der Waals surface area contributed by atoms with Crippen LogP contribution in [0.2, 0.25) is 0 Å². The van der Waals surface area contributed by atoms with E-state index < -0.39 is 47.1 Å². The Kier molecular flexibility index (Phi) is 5.99. The van der Waals surface area contributed by atoms with Crippen LogP contribution in [0.15, 0.2) is 40.9 Å². The first-order valence-corrected chi connectivity index (χ1v) is 10.5. The number of aromatic nitrogens is 2. The van der Waals surface area contributed by atoms with Crippen molar-refractivity contribution in [3.63, 3.8) is 0 Å². The van der Waals surface area contributed by atoms with Crippen molar-refractivity contribution in [3.8, 4) is 17.0 Å². The van der Waals surface area contributed by atoms with Crippen LogP contribution in [0.3, 0.4) is 0 Å². The maximum absolute atomic E-state index is 14.3. The average molecular weight is 508 g/mol. The summed E-state index contributed by atoms with van der Waals surface area (Å²) in [5, 5.41) is 16.3. The van der Waals surface area contributed by atoms with Gasteiger partial charge in [0, 0.05) is 17.2 Å². The molecule has 0 spiro atoms. The Morgan fingerprint density at radius 3 is 2.44 bits per heavy atom. The molecule has 1 aliphatic rings. The lowest BCUT2D eigenvalue weighted by atomic mass is 9.81. The Morgan fingerprint density at radius 2 is 1.89 bits per heavy atom. The monoisotopic (exact) mass is 508 g/mol. The van der Waals surface area contributed by atoms with E-state index in [9.17, 15) is 32.3 Å². The molecule has 2 aromatic heterocycles. The third-order valence-corrected chi connectivity index (χ3v) is 5.99. The van der Waals surface area contributed by atoms with Crippen molar-refractivity contribution in [2.75, 3.05) is 13.2 Å². The molecule has 0 bridgehead atoms. The first-order valence-electron chi connectivity index (χ1n) is 10.5. The maximum Gasteiger partial charge on any atom is 0.424 e. The van der Waals surface area contributed by atoms with Gasteiger partial charge in [0.25, 0.3) is 5.91 Å². The number of nitrogens with two attached hydrogens (primary N) is 1. The number of hydrogen-bond acceptors (Lipinski definition) is 7. The zero-order valence-corrected chi connectivity index (χ0v) is 18.9. The average Bonchev–Trinajstić information content (AvgIpc) is 3.41. The summed E-state index contributed by atoms with van der Waals surface area (Å²) in [6.45, 7) is 1.23. The third-order valence-electron chi connectivity index (χ3n) is 5.99. The lowest BCUT2D eigenvalue weighted by Crippen LogP contribution is -2.52. The van der Waals surface area contributed by atoms with E-state index in [-0.39, 0.29) is 40.6 Å².